The molecular formula is C16H20N2O. The van der Waals surface area contributed by atoms with E-state index in [0.29, 0.717) is 6.61 Å². The van der Waals surface area contributed by atoms with Crippen molar-refractivity contribution < 1.29 is 4.74 Å². The Morgan fingerprint density at radius 3 is 2.26 bits per heavy atom. The number of hydrogen-bond donors (Lipinski definition) is 1. The minimum Gasteiger partial charge on any atom is -0.492 e. The third kappa shape index (κ3) is 3.91. The molecule has 0 saturated carbocycles. The van der Waals surface area contributed by atoms with Crippen molar-refractivity contribution >= 4 is 11.4 Å². The van der Waals surface area contributed by atoms with Gasteiger partial charge in [-0.2, -0.15) is 0 Å². The molecule has 0 atom stereocenters. The van der Waals surface area contributed by atoms with Gasteiger partial charge in [-0.15, -0.1) is 0 Å². The number of likely N-dealkylation sites (N-methyl/N-ethyl adjacent to an activating group) is 1. The maximum atomic E-state index is 5.71. The fraction of sp³-hybridized carbons (Fsp3) is 0.250. The van der Waals surface area contributed by atoms with Gasteiger partial charge in [0, 0.05) is 18.4 Å². The predicted molar refractivity (Wildman–Crippen MR) is 80.8 cm³/mol. The highest BCUT2D eigenvalue weighted by Gasteiger charge is 2.01. The maximum absolute atomic E-state index is 5.71. The van der Waals surface area contributed by atoms with Gasteiger partial charge in [0.15, 0.2) is 0 Å². The molecule has 2 aromatic carbocycles. The molecule has 2 rings (SSSR count). The van der Waals surface area contributed by atoms with Gasteiger partial charge >= 0.3 is 0 Å². The van der Waals surface area contributed by atoms with E-state index in [1.165, 1.54) is 5.56 Å². The Hall–Kier alpha value is -2.16. The summed E-state index contributed by atoms with van der Waals surface area (Å²) in [5.74, 6) is 0.913. The quantitative estimate of drug-likeness (QED) is 0.835. The normalized spacial score (nSPS) is 10.2. The highest BCUT2D eigenvalue weighted by molar-refractivity contribution is 5.52. The molecule has 3 heteroatoms. The van der Waals surface area contributed by atoms with Crippen molar-refractivity contribution in [2.45, 2.75) is 6.92 Å². The van der Waals surface area contributed by atoms with Crippen LogP contribution < -0.4 is 15.4 Å². The lowest BCUT2D eigenvalue weighted by molar-refractivity contribution is 0.326. The summed E-state index contributed by atoms with van der Waals surface area (Å²) in [7, 11) is 2.05. The number of ether oxygens (including phenoxy) is 1. The largest absolute Gasteiger partial charge is 0.492 e. The average Bonchev–Trinajstić information content (AvgIpc) is 2.41. The number of benzene rings is 2. The molecule has 0 aromatic heterocycles. The summed E-state index contributed by atoms with van der Waals surface area (Å²) >= 11 is 0. The second-order valence-electron chi connectivity index (χ2n) is 4.67. The van der Waals surface area contributed by atoms with Crippen molar-refractivity contribution in [3.63, 3.8) is 0 Å². The third-order valence-electron chi connectivity index (χ3n) is 3.05. The van der Waals surface area contributed by atoms with E-state index in [4.69, 9.17) is 10.5 Å². The number of nitrogens with zero attached hydrogens (tertiary/aromatic N) is 1. The zero-order valence-electron chi connectivity index (χ0n) is 11.5. The fourth-order valence-electron chi connectivity index (χ4n) is 1.79. The third-order valence-corrected chi connectivity index (χ3v) is 3.05. The molecule has 0 heterocycles. The van der Waals surface area contributed by atoms with Crippen LogP contribution in [0.15, 0.2) is 48.5 Å². The van der Waals surface area contributed by atoms with Gasteiger partial charge in [0.2, 0.25) is 0 Å². The molecule has 0 aliphatic carbocycles. The van der Waals surface area contributed by atoms with Gasteiger partial charge < -0.3 is 15.4 Å². The van der Waals surface area contributed by atoms with Crippen molar-refractivity contribution in [1.82, 2.24) is 0 Å². The lowest BCUT2D eigenvalue weighted by atomic mass is 10.2. The van der Waals surface area contributed by atoms with Crippen LogP contribution in [0.5, 0.6) is 5.75 Å². The zero-order chi connectivity index (χ0) is 13.7. The second-order valence-corrected chi connectivity index (χ2v) is 4.67. The van der Waals surface area contributed by atoms with Gasteiger partial charge in [0.25, 0.3) is 0 Å². The average molecular weight is 256 g/mol. The first-order valence-electron chi connectivity index (χ1n) is 6.41. The number of rotatable bonds is 5. The smallest absolute Gasteiger partial charge is 0.119 e. The van der Waals surface area contributed by atoms with E-state index in [1.807, 2.05) is 43.4 Å². The second kappa shape index (κ2) is 6.14. The highest BCUT2D eigenvalue weighted by Crippen LogP contribution is 2.15. The molecule has 0 aliphatic rings. The van der Waals surface area contributed by atoms with E-state index in [9.17, 15) is 0 Å². The first-order valence-corrected chi connectivity index (χ1v) is 6.41. The highest BCUT2D eigenvalue weighted by atomic mass is 16.5. The monoisotopic (exact) mass is 256 g/mol. The molecule has 3 nitrogen and oxygen atoms in total. The number of aryl methyl sites for hydroxylation is 1. The fourth-order valence-corrected chi connectivity index (χ4v) is 1.79. The Bertz CT molecular complexity index is 505. The Balaban J connectivity index is 1.82. The molecule has 0 radical (unpaired) electrons. The molecule has 0 amide bonds. The van der Waals surface area contributed by atoms with Gasteiger partial charge in [0.1, 0.15) is 12.4 Å². The minimum absolute atomic E-state index is 0.657. The van der Waals surface area contributed by atoms with Crippen LogP contribution in [0.25, 0.3) is 0 Å². The van der Waals surface area contributed by atoms with Gasteiger partial charge in [-0.3, -0.25) is 0 Å². The summed E-state index contributed by atoms with van der Waals surface area (Å²) in [5, 5.41) is 0. The van der Waals surface area contributed by atoms with Crippen LogP contribution in [-0.4, -0.2) is 20.2 Å². The summed E-state index contributed by atoms with van der Waals surface area (Å²) in [6, 6.07) is 16.0. The first-order chi connectivity index (χ1) is 9.15. The molecule has 2 N–H and O–H groups in total. The standard InChI is InChI=1S/C16H20N2O/c1-13-3-9-16(10-4-13)19-12-11-18(2)15-7-5-14(17)6-8-15/h3-10H,11-12,17H2,1-2H3. The minimum atomic E-state index is 0.657. The van der Waals surface area contributed by atoms with Crippen molar-refractivity contribution in [2.24, 2.45) is 0 Å². The number of hydrogen-bond acceptors (Lipinski definition) is 3. The van der Waals surface area contributed by atoms with E-state index in [-0.39, 0.29) is 0 Å². The Morgan fingerprint density at radius 1 is 1.00 bits per heavy atom. The van der Waals surface area contributed by atoms with E-state index in [2.05, 4.69) is 24.0 Å². The summed E-state index contributed by atoms with van der Waals surface area (Å²) in [6.45, 7) is 3.56. The molecule has 19 heavy (non-hydrogen) atoms. The molecule has 0 aliphatic heterocycles. The molecule has 2 aromatic rings. The van der Waals surface area contributed by atoms with Gasteiger partial charge in [-0.05, 0) is 43.3 Å². The Labute approximate surface area is 114 Å². The Kier molecular flexibility index (Phi) is 4.29. The van der Waals surface area contributed by atoms with Crippen molar-refractivity contribution in [3.8, 4) is 5.75 Å². The van der Waals surface area contributed by atoms with Crippen LogP contribution in [0.3, 0.4) is 0 Å². The Morgan fingerprint density at radius 2 is 1.63 bits per heavy atom. The molecule has 0 spiro atoms. The molecular weight excluding hydrogens is 236 g/mol. The van der Waals surface area contributed by atoms with E-state index in [1.54, 1.807) is 0 Å². The van der Waals surface area contributed by atoms with Crippen LogP contribution in [-0.2, 0) is 0 Å². The molecule has 100 valence electrons. The summed E-state index contributed by atoms with van der Waals surface area (Å²) < 4.78 is 5.71. The van der Waals surface area contributed by atoms with Gasteiger partial charge in [0.05, 0.1) is 6.54 Å². The number of nitrogens with two attached hydrogens (primary N) is 1. The van der Waals surface area contributed by atoms with Crippen molar-refractivity contribution in [2.75, 3.05) is 30.8 Å². The summed E-state index contributed by atoms with van der Waals surface area (Å²) in [5.41, 5.74) is 8.84. The SMILES string of the molecule is Cc1ccc(OCCN(C)c2ccc(N)cc2)cc1. The lowest BCUT2D eigenvalue weighted by Gasteiger charge is -2.19. The predicted octanol–water partition coefficient (Wildman–Crippen LogP) is 3.09. The number of anilines is 2. The van der Waals surface area contributed by atoms with Crippen molar-refractivity contribution in [1.29, 1.82) is 0 Å². The van der Waals surface area contributed by atoms with E-state index >= 15 is 0 Å². The maximum Gasteiger partial charge on any atom is 0.119 e. The molecule has 0 fully saturated rings. The lowest BCUT2D eigenvalue weighted by Crippen LogP contribution is -2.23. The van der Waals surface area contributed by atoms with Crippen LogP contribution >= 0.6 is 0 Å². The van der Waals surface area contributed by atoms with Crippen LogP contribution in [0.4, 0.5) is 11.4 Å². The topological polar surface area (TPSA) is 38.5 Å². The van der Waals surface area contributed by atoms with Gasteiger partial charge in [-0.25, -0.2) is 0 Å². The summed E-state index contributed by atoms with van der Waals surface area (Å²) in [4.78, 5) is 2.15. The molecule has 0 saturated heterocycles. The van der Waals surface area contributed by atoms with Crippen LogP contribution in [0, 0.1) is 6.92 Å². The van der Waals surface area contributed by atoms with Crippen LogP contribution in [0.1, 0.15) is 5.56 Å². The molecule has 0 bridgehead atoms. The van der Waals surface area contributed by atoms with Crippen molar-refractivity contribution in [3.05, 3.63) is 54.1 Å². The first kappa shape index (κ1) is 13.3. The van der Waals surface area contributed by atoms with E-state index in [0.717, 1.165) is 23.7 Å². The van der Waals surface area contributed by atoms with Gasteiger partial charge in [-0.1, -0.05) is 17.7 Å². The van der Waals surface area contributed by atoms with E-state index < -0.39 is 0 Å². The summed E-state index contributed by atoms with van der Waals surface area (Å²) in [6.07, 6.45) is 0. The zero-order valence-corrected chi connectivity index (χ0v) is 11.5. The van der Waals surface area contributed by atoms with Crippen LogP contribution in [0.2, 0.25) is 0 Å². The molecule has 0 unspecified atom stereocenters. The number of nitrogen functional groups attached to an aromatic ring is 1.